The number of aromatic nitrogens is 3. The van der Waals surface area contributed by atoms with Gasteiger partial charge in [-0.05, 0) is 19.1 Å². The van der Waals surface area contributed by atoms with Crippen molar-refractivity contribution in [1.29, 1.82) is 5.26 Å². The van der Waals surface area contributed by atoms with Crippen LogP contribution in [0, 0.1) is 18.3 Å². The molecule has 116 valence electrons. The maximum Gasteiger partial charge on any atom is 0.284 e. The van der Waals surface area contributed by atoms with E-state index in [1.165, 1.54) is 17.6 Å². The third kappa shape index (κ3) is 3.49. The minimum Gasteiger partial charge on any atom is -0.459 e. The highest BCUT2D eigenvalue weighted by molar-refractivity contribution is 7.99. The number of furan rings is 1. The summed E-state index contributed by atoms with van der Waals surface area (Å²) in [4.78, 5) is 16.4. The van der Waals surface area contributed by atoms with Crippen LogP contribution in [0.4, 0.5) is 0 Å². The van der Waals surface area contributed by atoms with Crippen LogP contribution < -0.4 is 0 Å². The molecule has 3 heterocycles. The molecule has 0 spiro atoms. The van der Waals surface area contributed by atoms with E-state index in [1.54, 1.807) is 12.1 Å². The lowest BCUT2D eigenvalue weighted by atomic mass is 10.1. The molecule has 23 heavy (non-hydrogen) atoms. The Hall–Kier alpha value is -2.44. The molecule has 0 N–H and O–H groups in total. The SMILES string of the molecule is Cc1csc([C@H](C#N)C(=O)CSc2nnc(-c3ccco3)o2)n1. The summed E-state index contributed by atoms with van der Waals surface area (Å²) in [5, 5.41) is 19.5. The van der Waals surface area contributed by atoms with Crippen molar-refractivity contribution >= 4 is 28.9 Å². The van der Waals surface area contributed by atoms with Gasteiger partial charge < -0.3 is 8.83 Å². The summed E-state index contributed by atoms with van der Waals surface area (Å²) in [6, 6.07) is 5.41. The van der Waals surface area contributed by atoms with Gasteiger partial charge in [0.2, 0.25) is 0 Å². The second-order valence-electron chi connectivity index (χ2n) is 4.49. The van der Waals surface area contributed by atoms with Gasteiger partial charge in [0.25, 0.3) is 11.1 Å². The summed E-state index contributed by atoms with van der Waals surface area (Å²) >= 11 is 2.39. The molecule has 0 aromatic carbocycles. The number of hydrogen-bond donors (Lipinski definition) is 0. The third-order valence-corrected chi connectivity index (χ3v) is 4.68. The van der Waals surface area contributed by atoms with Crippen LogP contribution >= 0.6 is 23.1 Å². The fraction of sp³-hybridized carbons (Fsp3) is 0.214. The maximum absolute atomic E-state index is 12.2. The van der Waals surface area contributed by atoms with Gasteiger partial charge in [0.05, 0.1) is 18.1 Å². The zero-order valence-electron chi connectivity index (χ0n) is 11.9. The minimum absolute atomic E-state index is 0.0522. The van der Waals surface area contributed by atoms with Crippen molar-refractivity contribution in [3.63, 3.8) is 0 Å². The van der Waals surface area contributed by atoms with Crippen molar-refractivity contribution in [2.75, 3.05) is 5.75 Å². The fourth-order valence-electron chi connectivity index (χ4n) is 1.75. The van der Waals surface area contributed by atoms with Crippen LogP contribution in [0.3, 0.4) is 0 Å². The summed E-state index contributed by atoms with van der Waals surface area (Å²) in [6.45, 7) is 1.82. The Kier molecular flexibility index (Phi) is 4.55. The van der Waals surface area contributed by atoms with Gasteiger partial charge in [-0.2, -0.15) is 5.26 Å². The Morgan fingerprint density at radius 2 is 2.39 bits per heavy atom. The molecule has 0 unspecified atom stereocenters. The molecule has 1 atom stereocenters. The molecule has 0 radical (unpaired) electrons. The quantitative estimate of drug-likeness (QED) is 0.627. The smallest absolute Gasteiger partial charge is 0.284 e. The number of carbonyl (C=O) groups excluding carboxylic acids is 1. The monoisotopic (exact) mass is 346 g/mol. The molecule has 3 aromatic rings. The van der Waals surface area contributed by atoms with Crippen molar-refractivity contribution < 1.29 is 13.6 Å². The summed E-state index contributed by atoms with van der Waals surface area (Å²) in [7, 11) is 0. The number of nitrogens with zero attached hydrogens (tertiary/aromatic N) is 4. The Bertz CT molecular complexity index is 848. The molecule has 0 amide bonds. The lowest BCUT2D eigenvalue weighted by Gasteiger charge is -2.02. The zero-order valence-corrected chi connectivity index (χ0v) is 13.6. The first-order valence-electron chi connectivity index (χ1n) is 6.52. The van der Waals surface area contributed by atoms with E-state index < -0.39 is 5.92 Å². The molecular formula is C14H10N4O3S2. The molecule has 3 rings (SSSR count). The first-order chi connectivity index (χ1) is 11.2. The number of thiazole rings is 1. The zero-order chi connectivity index (χ0) is 16.2. The van der Waals surface area contributed by atoms with E-state index in [0.717, 1.165) is 17.5 Å². The second kappa shape index (κ2) is 6.76. The predicted octanol–water partition coefficient (Wildman–Crippen LogP) is 3.06. The second-order valence-corrected chi connectivity index (χ2v) is 6.31. The van der Waals surface area contributed by atoms with Crippen LogP contribution in [-0.4, -0.2) is 26.7 Å². The van der Waals surface area contributed by atoms with Gasteiger partial charge in [0, 0.05) is 11.1 Å². The van der Waals surface area contributed by atoms with E-state index in [2.05, 4.69) is 15.2 Å². The molecule has 0 aliphatic rings. The number of nitriles is 1. The topological polar surface area (TPSA) is 106 Å². The fourth-order valence-corrected chi connectivity index (χ4v) is 3.28. The largest absolute Gasteiger partial charge is 0.459 e. The van der Waals surface area contributed by atoms with Crippen molar-refractivity contribution in [3.8, 4) is 17.7 Å². The number of thioether (sulfide) groups is 1. The summed E-state index contributed by atoms with van der Waals surface area (Å²) in [5.41, 5.74) is 0.797. The summed E-state index contributed by atoms with van der Waals surface area (Å²) in [6.07, 6.45) is 1.50. The van der Waals surface area contributed by atoms with Gasteiger partial charge >= 0.3 is 0 Å². The van der Waals surface area contributed by atoms with Gasteiger partial charge in [-0.1, -0.05) is 11.8 Å². The highest BCUT2D eigenvalue weighted by Gasteiger charge is 2.24. The molecule has 0 aliphatic carbocycles. The van der Waals surface area contributed by atoms with Crippen LogP contribution in [-0.2, 0) is 4.79 Å². The molecule has 7 nitrogen and oxygen atoms in total. The Morgan fingerprint density at radius 1 is 1.52 bits per heavy atom. The van der Waals surface area contributed by atoms with E-state index in [9.17, 15) is 10.1 Å². The number of carbonyl (C=O) groups is 1. The van der Waals surface area contributed by atoms with Crippen molar-refractivity contribution in [1.82, 2.24) is 15.2 Å². The average molecular weight is 346 g/mol. The van der Waals surface area contributed by atoms with E-state index in [0.29, 0.717) is 10.8 Å². The highest BCUT2D eigenvalue weighted by atomic mass is 32.2. The van der Waals surface area contributed by atoms with E-state index >= 15 is 0 Å². The van der Waals surface area contributed by atoms with Crippen molar-refractivity contribution in [2.45, 2.75) is 18.1 Å². The van der Waals surface area contributed by atoms with Crippen LogP contribution in [0.5, 0.6) is 0 Å². The Balaban J connectivity index is 1.63. The van der Waals surface area contributed by atoms with Crippen LogP contribution in [0.2, 0.25) is 0 Å². The van der Waals surface area contributed by atoms with E-state index in [4.69, 9.17) is 8.83 Å². The molecule has 9 heteroatoms. The number of aryl methyl sites for hydroxylation is 1. The standard InChI is InChI=1S/C14H10N4O3S2/c1-8-6-22-13(16-8)9(5-15)10(19)7-23-14-18-17-12(21-14)11-3-2-4-20-11/h2-4,6,9H,7H2,1H3/t9-/m1/s1. The van der Waals surface area contributed by atoms with Crippen LogP contribution in [0.15, 0.2) is 37.8 Å². The first-order valence-corrected chi connectivity index (χ1v) is 8.38. The molecule has 0 bridgehead atoms. The van der Waals surface area contributed by atoms with Crippen LogP contribution in [0.1, 0.15) is 16.6 Å². The predicted molar refractivity (Wildman–Crippen MR) is 82.9 cm³/mol. The highest BCUT2D eigenvalue weighted by Crippen LogP contribution is 2.26. The van der Waals surface area contributed by atoms with E-state index in [1.807, 2.05) is 18.4 Å². The Labute approximate surface area is 139 Å². The van der Waals surface area contributed by atoms with Gasteiger partial charge in [-0.3, -0.25) is 4.79 Å². The molecular weight excluding hydrogens is 336 g/mol. The first kappa shape index (κ1) is 15.5. The molecule has 0 fully saturated rings. The summed E-state index contributed by atoms with van der Waals surface area (Å²) < 4.78 is 10.6. The molecule has 0 aliphatic heterocycles. The van der Waals surface area contributed by atoms with Gasteiger partial charge in [-0.15, -0.1) is 21.5 Å². The van der Waals surface area contributed by atoms with Gasteiger partial charge in [-0.25, -0.2) is 4.98 Å². The summed E-state index contributed by atoms with van der Waals surface area (Å²) in [5.74, 6) is -0.351. The van der Waals surface area contributed by atoms with E-state index in [-0.39, 0.29) is 22.6 Å². The lowest BCUT2D eigenvalue weighted by Crippen LogP contribution is -2.13. The molecule has 0 saturated heterocycles. The number of rotatable bonds is 6. The average Bonchev–Trinajstić information content (AvgIpc) is 3.27. The van der Waals surface area contributed by atoms with Crippen LogP contribution in [0.25, 0.3) is 11.7 Å². The lowest BCUT2D eigenvalue weighted by molar-refractivity contribution is -0.116. The number of hydrogen-bond acceptors (Lipinski definition) is 9. The number of Topliss-reactive ketones (excluding diaryl/α,β-unsaturated/α-hetero) is 1. The van der Waals surface area contributed by atoms with Crippen molar-refractivity contribution in [3.05, 3.63) is 34.5 Å². The minimum atomic E-state index is -0.867. The molecule has 0 saturated carbocycles. The van der Waals surface area contributed by atoms with Gasteiger partial charge in [0.15, 0.2) is 17.5 Å². The normalized spacial score (nSPS) is 12.0. The Morgan fingerprint density at radius 3 is 3.04 bits per heavy atom. The van der Waals surface area contributed by atoms with Crippen molar-refractivity contribution in [2.24, 2.45) is 0 Å². The molecule has 3 aromatic heterocycles. The van der Waals surface area contributed by atoms with Gasteiger partial charge in [0.1, 0.15) is 5.01 Å². The number of ketones is 1. The maximum atomic E-state index is 12.2. The third-order valence-electron chi connectivity index (χ3n) is 2.81.